The number of pyridine rings is 1. The van der Waals surface area contributed by atoms with Crippen LogP contribution in [-0.4, -0.2) is 49.6 Å². The maximum atomic E-state index is 13.2. The predicted octanol–water partition coefficient (Wildman–Crippen LogP) is 7.69. The standard InChI is InChI=1S/C46H42N4O8/c1-6-7-33(24-41(53)39-20-11-31(25-47-39)23-40(52)27(3)22-30-9-16-35(51)17-10-30)45(57)48-34-14-12-32(13-15-34)44(56)49-38-21-18-36(43(55)29(38)5)46(58)50-37-19-8-26(2)42(54)28(37)4/h1,8-22,25,33,51,54-55H,7,23-24H2,2-5H3,(H,48,57)(H,49,56)(H,50,58)/b27-22+. The summed E-state index contributed by atoms with van der Waals surface area (Å²) < 4.78 is 0. The van der Waals surface area contributed by atoms with Gasteiger partial charge in [0, 0.05) is 59.2 Å². The van der Waals surface area contributed by atoms with Gasteiger partial charge >= 0.3 is 0 Å². The zero-order valence-corrected chi connectivity index (χ0v) is 32.3. The van der Waals surface area contributed by atoms with E-state index >= 15 is 0 Å². The van der Waals surface area contributed by atoms with Crippen LogP contribution < -0.4 is 16.0 Å². The number of aromatic hydroxyl groups is 3. The number of benzene rings is 4. The van der Waals surface area contributed by atoms with E-state index in [9.17, 15) is 39.3 Å². The first-order valence-electron chi connectivity index (χ1n) is 18.2. The Morgan fingerprint density at radius 2 is 1.40 bits per heavy atom. The van der Waals surface area contributed by atoms with Gasteiger partial charge in [0.05, 0.1) is 11.5 Å². The number of phenolic OH excluding ortho intramolecular Hbond substituents is 3. The normalized spacial score (nSPS) is 11.5. The van der Waals surface area contributed by atoms with Crippen LogP contribution in [0.25, 0.3) is 6.08 Å². The van der Waals surface area contributed by atoms with Gasteiger partial charge < -0.3 is 31.3 Å². The highest BCUT2D eigenvalue weighted by Gasteiger charge is 2.24. The van der Waals surface area contributed by atoms with Gasteiger partial charge in [-0.2, -0.15) is 0 Å². The number of carbonyl (C=O) groups is 5. The fraction of sp³-hybridized carbons (Fsp3) is 0.174. The van der Waals surface area contributed by atoms with Crippen LogP contribution in [0.2, 0.25) is 0 Å². The van der Waals surface area contributed by atoms with E-state index in [0.717, 1.165) is 5.56 Å². The number of carbonyl (C=O) groups excluding carboxylic acids is 5. The Morgan fingerprint density at radius 1 is 0.759 bits per heavy atom. The van der Waals surface area contributed by atoms with Crippen LogP contribution in [0.15, 0.2) is 96.7 Å². The van der Waals surface area contributed by atoms with E-state index in [1.165, 1.54) is 60.8 Å². The van der Waals surface area contributed by atoms with E-state index < -0.39 is 29.4 Å². The second kappa shape index (κ2) is 18.4. The van der Waals surface area contributed by atoms with Crippen molar-refractivity contribution in [2.75, 3.05) is 16.0 Å². The molecule has 4 aromatic carbocycles. The molecule has 1 unspecified atom stereocenters. The van der Waals surface area contributed by atoms with Crippen molar-refractivity contribution in [2.45, 2.75) is 47.0 Å². The molecule has 0 saturated carbocycles. The highest BCUT2D eigenvalue weighted by atomic mass is 16.3. The SMILES string of the molecule is C#CCC(CC(=O)c1ccc(CC(=O)/C(C)=C/c2ccc(O)cc2)cn1)C(=O)Nc1ccc(C(=O)Nc2ccc(C(=O)Nc3ccc(C)c(O)c3C)c(O)c2C)cc1. The summed E-state index contributed by atoms with van der Waals surface area (Å²) in [6.45, 7) is 6.66. The van der Waals surface area contributed by atoms with E-state index in [0.29, 0.717) is 33.6 Å². The first-order valence-corrected chi connectivity index (χ1v) is 18.2. The molecular weight excluding hydrogens is 737 g/mol. The number of phenols is 3. The van der Waals surface area contributed by atoms with Crippen molar-refractivity contribution in [3.05, 3.63) is 141 Å². The van der Waals surface area contributed by atoms with E-state index in [1.54, 1.807) is 64.1 Å². The number of nitrogens with zero attached hydrogens (tertiary/aromatic N) is 1. The zero-order chi connectivity index (χ0) is 42.1. The minimum absolute atomic E-state index is 0.0148. The first kappa shape index (κ1) is 41.6. The summed E-state index contributed by atoms with van der Waals surface area (Å²) in [6.07, 6.45) is 8.55. The van der Waals surface area contributed by atoms with Gasteiger partial charge in [-0.3, -0.25) is 29.0 Å². The summed E-state index contributed by atoms with van der Waals surface area (Å²) in [6, 6.07) is 21.8. The highest BCUT2D eigenvalue weighted by Crippen LogP contribution is 2.32. The van der Waals surface area contributed by atoms with E-state index in [2.05, 4.69) is 26.9 Å². The molecule has 5 aromatic rings. The van der Waals surface area contributed by atoms with Gasteiger partial charge in [0.2, 0.25) is 5.91 Å². The molecular formula is C46H42N4O8. The third-order valence-electron chi connectivity index (χ3n) is 9.58. The van der Waals surface area contributed by atoms with Gasteiger partial charge in [-0.1, -0.05) is 24.3 Å². The molecule has 1 atom stereocenters. The molecule has 1 heterocycles. The molecule has 0 aliphatic carbocycles. The van der Waals surface area contributed by atoms with Crippen molar-refractivity contribution in [2.24, 2.45) is 5.92 Å². The van der Waals surface area contributed by atoms with Crippen molar-refractivity contribution in [3.8, 4) is 29.6 Å². The highest BCUT2D eigenvalue weighted by molar-refractivity contribution is 6.09. The van der Waals surface area contributed by atoms with Crippen LogP contribution in [0.5, 0.6) is 17.2 Å². The molecule has 12 nitrogen and oxygen atoms in total. The number of rotatable bonds is 14. The molecule has 6 N–H and O–H groups in total. The van der Waals surface area contributed by atoms with Crippen LogP contribution in [0.1, 0.15) is 78.8 Å². The van der Waals surface area contributed by atoms with E-state index in [4.69, 9.17) is 6.42 Å². The molecule has 0 radical (unpaired) electrons. The van der Waals surface area contributed by atoms with Gasteiger partial charge in [-0.05, 0) is 117 Å². The van der Waals surface area contributed by atoms with Gasteiger partial charge in [0.1, 0.15) is 22.9 Å². The molecule has 294 valence electrons. The van der Waals surface area contributed by atoms with E-state index in [-0.39, 0.29) is 70.4 Å². The summed E-state index contributed by atoms with van der Waals surface area (Å²) in [5.41, 5.74) is 4.66. The smallest absolute Gasteiger partial charge is 0.259 e. The maximum Gasteiger partial charge on any atom is 0.259 e. The van der Waals surface area contributed by atoms with Crippen molar-refractivity contribution < 1.29 is 39.3 Å². The number of hydrogen-bond donors (Lipinski definition) is 6. The Hall–Kier alpha value is -7.52. The average molecular weight is 779 g/mol. The second-order valence-corrected chi connectivity index (χ2v) is 13.8. The largest absolute Gasteiger partial charge is 0.508 e. The minimum Gasteiger partial charge on any atom is -0.508 e. The van der Waals surface area contributed by atoms with Gasteiger partial charge in [-0.15, -0.1) is 12.3 Å². The molecule has 1 aromatic heterocycles. The summed E-state index contributed by atoms with van der Waals surface area (Å²) in [7, 11) is 0. The maximum absolute atomic E-state index is 13.2. The topological polar surface area (TPSA) is 195 Å². The number of ketones is 2. The van der Waals surface area contributed by atoms with Crippen LogP contribution in [0.3, 0.4) is 0 Å². The number of hydrogen-bond acceptors (Lipinski definition) is 9. The van der Waals surface area contributed by atoms with Gasteiger partial charge in [-0.25, -0.2) is 0 Å². The Kier molecular flexibility index (Phi) is 13.2. The number of terminal acetylenes is 1. The molecule has 12 heteroatoms. The third-order valence-corrected chi connectivity index (χ3v) is 9.58. The molecule has 58 heavy (non-hydrogen) atoms. The van der Waals surface area contributed by atoms with Crippen molar-refractivity contribution in [1.29, 1.82) is 0 Å². The number of allylic oxidation sites excluding steroid dienone is 1. The fourth-order valence-corrected chi connectivity index (χ4v) is 5.97. The van der Waals surface area contributed by atoms with Crippen LogP contribution in [-0.2, 0) is 16.0 Å². The van der Waals surface area contributed by atoms with Crippen molar-refractivity contribution in [3.63, 3.8) is 0 Å². The number of Topliss-reactive ketones (excluding diaryl/α,β-unsaturated/α-hetero) is 2. The molecule has 0 aliphatic heterocycles. The van der Waals surface area contributed by atoms with Crippen LogP contribution in [0, 0.1) is 39.0 Å². The predicted molar refractivity (Wildman–Crippen MR) is 222 cm³/mol. The third kappa shape index (κ3) is 10.2. The minimum atomic E-state index is -0.870. The number of anilines is 3. The molecule has 0 aliphatic rings. The van der Waals surface area contributed by atoms with Crippen molar-refractivity contribution >= 4 is 52.4 Å². The summed E-state index contributed by atoms with van der Waals surface area (Å²) >= 11 is 0. The molecule has 0 saturated heterocycles. The summed E-state index contributed by atoms with van der Waals surface area (Å²) in [5.74, 6) is -0.698. The molecule has 0 bridgehead atoms. The van der Waals surface area contributed by atoms with Gasteiger partial charge in [0.15, 0.2) is 11.6 Å². The molecule has 0 spiro atoms. The Labute approximate surface area is 335 Å². The fourth-order valence-electron chi connectivity index (χ4n) is 5.97. The summed E-state index contributed by atoms with van der Waals surface area (Å²) in [5, 5.41) is 38.7. The molecule has 0 fully saturated rings. The Morgan fingerprint density at radius 3 is 2.03 bits per heavy atom. The Balaban J connectivity index is 1.16. The number of nitrogens with one attached hydrogen (secondary N) is 3. The van der Waals surface area contributed by atoms with Crippen molar-refractivity contribution in [1.82, 2.24) is 4.98 Å². The van der Waals surface area contributed by atoms with Gasteiger partial charge in [0.25, 0.3) is 11.8 Å². The Bertz CT molecular complexity index is 2460. The van der Waals surface area contributed by atoms with Crippen LogP contribution in [0.4, 0.5) is 17.1 Å². The number of amides is 3. The lowest BCUT2D eigenvalue weighted by atomic mass is 9.96. The average Bonchev–Trinajstić information content (AvgIpc) is 3.21. The van der Waals surface area contributed by atoms with Crippen LogP contribution >= 0.6 is 0 Å². The lowest BCUT2D eigenvalue weighted by molar-refractivity contribution is -0.119. The number of aryl methyl sites for hydroxylation is 1. The lowest BCUT2D eigenvalue weighted by Crippen LogP contribution is -2.25. The first-order chi connectivity index (χ1) is 27.6. The lowest BCUT2D eigenvalue weighted by Gasteiger charge is -2.15. The zero-order valence-electron chi connectivity index (χ0n) is 32.3. The second-order valence-electron chi connectivity index (χ2n) is 13.8. The number of aromatic nitrogens is 1. The monoisotopic (exact) mass is 778 g/mol. The van der Waals surface area contributed by atoms with E-state index in [1.807, 2.05) is 0 Å². The quantitative estimate of drug-likeness (QED) is 0.0372. The molecule has 3 amide bonds. The molecule has 5 rings (SSSR count). The summed E-state index contributed by atoms with van der Waals surface area (Å²) in [4.78, 5) is 69.5.